The minimum absolute atomic E-state index is 0.390. The van der Waals surface area contributed by atoms with Gasteiger partial charge in [0.2, 0.25) is 0 Å². The van der Waals surface area contributed by atoms with Crippen LogP contribution in [0.25, 0.3) is 10.4 Å². The molecule has 6 nitrogen and oxygen atoms in total. The fourth-order valence-electron chi connectivity index (χ4n) is 0.760. The predicted molar refractivity (Wildman–Crippen MR) is 65.6 cm³/mol. The molecule has 0 aliphatic rings. The zero-order valence-electron chi connectivity index (χ0n) is 10.1. The topological polar surface area (TPSA) is 87.4 Å². The number of methoxy groups -OCH3 is 1. The number of nitrogens with zero attached hydrogens (tertiary/aromatic N) is 4. The summed E-state index contributed by atoms with van der Waals surface area (Å²) in [6, 6.07) is 0. The maximum atomic E-state index is 11.7. The highest BCUT2D eigenvalue weighted by molar-refractivity contribution is 7.85. The quantitative estimate of drug-likeness (QED) is 0.186. The summed E-state index contributed by atoms with van der Waals surface area (Å²) in [5.41, 5.74) is 8.09. The second-order valence-corrected chi connectivity index (χ2v) is 6.01. The predicted octanol–water partition coefficient (Wildman–Crippen LogP) is 2.58. The Bertz CT molecular complexity index is 316. The Kier molecular flexibility index (Phi) is 6.76. The van der Waals surface area contributed by atoms with Crippen molar-refractivity contribution in [1.29, 1.82) is 0 Å². The number of hydrogen-bond donors (Lipinski definition) is 0. The van der Waals surface area contributed by atoms with Gasteiger partial charge in [-0.1, -0.05) is 5.11 Å². The van der Waals surface area contributed by atoms with Crippen LogP contribution in [0.2, 0.25) is 0 Å². The first kappa shape index (κ1) is 14.9. The van der Waals surface area contributed by atoms with E-state index in [1.54, 1.807) is 0 Å². The van der Waals surface area contributed by atoms with E-state index < -0.39 is 15.7 Å². The van der Waals surface area contributed by atoms with Crippen molar-refractivity contribution >= 4 is 16.9 Å². The largest absolute Gasteiger partial charge is 0.484 e. The van der Waals surface area contributed by atoms with Gasteiger partial charge in [0, 0.05) is 17.9 Å². The average Bonchev–Trinajstić information content (AvgIpc) is 2.20. The summed E-state index contributed by atoms with van der Waals surface area (Å²) in [6.45, 7) is 5.93. The van der Waals surface area contributed by atoms with Crippen LogP contribution in [0.15, 0.2) is 9.51 Å². The molecule has 92 valence electrons. The van der Waals surface area contributed by atoms with Crippen molar-refractivity contribution < 1.29 is 8.95 Å². The molecule has 0 unspecified atom stereocenters. The van der Waals surface area contributed by atoms with Crippen LogP contribution < -0.4 is 0 Å². The molecule has 0 saturated carbocycles. The van der Waals surface area contributed by atoms with Crippen LogP contribution in [0.1, 0.15) is 33.6 Å². The van der Waals surface area contributed by atoms with Gasteiger partial charge in [0.15, 0.2) is 5.90 Å². The Labute approximate surface area is 98.3 Å². The van der Waals surface area contributed by atoms with Crippen molar-refractivity contribution in [1.82, 2.24) is 0 Å². The van der Waals surface area contributed by atoms with Gasteiger partial charge < -0.3 is 4.74 Å². The van der Waals surface area contributed by atoms with Gasteiger partial charge in [-0.2, -0.15) is 4.40 Å². The van der Waals surface area contributed by atoms with E-state index in [9.17, 15) is 4.21 Å². The number of ether oxygens (including phenoxy) is 1. The third kappa shape index (κ3) is 6.42. The molecule has 0 bridgehead atoms. The highest BCUT2D eigenvalue weighted by Gasteiger charge is 2.19. The second kappa shape index (κ2) is 7.24. The Morgan fingerprint density at radius 3 is 2.56 bits per heavy atom. The van der Waals surface area contributed by atoms with Gasteiger partial charge >= 0.3 is 0 Å². The monoisotopic (exact) mass is 246 g/mol. The van der Waals surface area contributed by atoms with Gasteiger partial charge in [-0.25, -0.2) is 4.21 Å². The second-order valence-electron chi connectivity index (χ2n) is 4.11. The van der Waals surface area contributed by atoms with Crippen molar-refractivity contribution in [3.8, 4) is 0 Å². The summed E-state index contributed by atoms with van der Waals surface area (Å²) < 4.78 is 20.3. The van der Waals surface area contributed by atoms with Crippen LogP contribution >= 0.6 is 0 Å². The summed E-state index contributed by atoms with van der Waals surface area (Å²) in [4.78, 5) is 2.64. The average molecular weight is 246 g/mol. The molecule has 0 spiro atoms. The van der Waals surface area contributed by atoms with E-state index >= 15 is 0 Å². The van der Waals surface area contributed by atoms with E-state index in [0.717, 1.165) is 0 Å². The number of azide groups is 1. The Hall–Kier alpha value is -1.07. The number of rotatable bonds is 5. The zero-order chi connectivity index (χ0) is 12.6. The molecule has 0 radical (unpaired) electrons. The molecule has 0 aromatic carbocycles. The van der Waals surface area contributed by atoms with Crippen molar-refractivity contribution in [2.75, 3.05) is 13.7 Å². The summed E-state index contributed by atoms with van der Waals surface area (Å²) in [7, 11) is 0.177. The van der Waals surface area contributed by atoms with Gasteiger partial charge in [0.05, 0.1) is 11.9 Å². The van der Waals surface area contributed by atoms with Gasteiger partial charge in [-0.05, 0) is 32.7 Å². The molecule has 0 N–H and O–H groups in total. The minimum atomic E-state index is -1.31. The van der Waals surface area contributed by atoms with E-state index in [1.807, 2.05) is 20.8 Å². The van der Waals surface area contributed by atoms with E-state index in [1.165, 1.54) is 7.11 Å². The highest BCUT2D eigenvalue weighted by Crippen LogP contribution is 2.13. The third-order valence-corrected chi connectivity index (χ3v) is 3.07. The molecule has 0 aliphatic carbocycles. The zero-order valence-corrected chi connectivity index (χ0v) is 11.0. The van der Waals surface area contributed by atoms with Gasteiger partial charge in [-0.15, -0.1) is 0 Å². The van der Waals surface area contributed by atoms with E-state index in [4.69, 9.17) is 10.3 Å². The first-order valence-corrected chi connectivity index (χ1v) is 6.07. The van der Waals surface area contributed by atoms with Crippen LogP contribution in [0.4, 0.5) is 0 Å². The van der Waals surface area contributed by atoms with Crippen LogP contribution in [0.5, 0.6) is 0 Å². The van der Waals surface area contributed by atoms with E-state index in [2.05, 4.69) is 14.4 Å². The summed E-state index contributed by atoms with van der Waals surface area (Å²) >= 11 is 0. The molecule has 0 saturated heterocycles. The first-order chi connectivity index (χ1) is 7.41. The molecule has 0 aromatic heterocycles. The summed E-state index contributed by atoms with van der Waals surface area (Å²) in [5.74, 6) is 0.432. The van der Waals surface area contributed by atoms with Crippen molar-refractivity contribution in [2.24, 2.45) is 9.51 Å². The minimum Gasteiger partial charge on any atom is -0.484 e. The maximum absolute atomic E-state index is 11.7. The lowest BCUT2D eigenvalue weighted by Gasteiger charge is -2.14. The molecule has 7 heteroatoms. The van der Waals surface area contributed by atoms with Crippen molar-refractivity contribution in [3.63, 3.8) is 0 Å². The molecule has 0 heterocycles. The Balaban J connectivity index is 4.32. The Morgan fingerprint density at radius 2 is 2.12 bits per heavy atom. The smallest absolute Gasteiger partial charge is 0.197 e. The van der Waals surface area contributed by atoms with Gasteiger partial charge in [0.1, 0.15) is 11.0 Å². The lowest BCUT2D eigenvalue weighted by molar-refractivity contribution is 0.390. The molecule has 0 amide bonds. The van der Waals surface area contributed by atoms with Crippen LogP contribution in [-0.2, 0) is 15.7 Å². The van der Waals surface area contributed by atoms with Crippen LogP contribution in [0.3, 0.4) is 0 Å². The maximum Gasteiger partial charge on any atom is 0.197 e. The fraction of sp³-hybridized carbons (Fsp3) is 0.889. The lowest BCUT2D eigenvalue weighted by atomic mass is 10.3. The normalized spacial score (nSPS) is 14.1. The molecule has 0 rings (SSSR count). The third-order valence-electron chi connectivity index (χ3n) is 1.66. The first-order valence-electron chi connectivity index (χ1n) is 4.96. The van der Waals surface area contributed by atoms with Crippen LogP contribution in [0, 0.1) is 0 Å². The fourth-order valence-corrected chi connectivity index (χ4v) is 1.38. The molecule has 0 aromatic rings. The molecular weight excluding hydrogens is 228 g/mol. The highest BCUT2D eigenvalue weighted by atomic mass is 32.2. The molecule has 1 atom stereocenters. The van der Waals surface area contributed by atoms with Gasteiger partial charge in [0.25, 0.3) is 0 Å². The van der Waals surface area contributed by atoms with Crippen molar-refractivity contribution in [3.05, 3.63) is 10.4 Å². The summed E-state index contributed by atoms with van der Waals surface area (Å²) in [5, 5.41) is 3.40. The molecule has 0 aliphatic heterocycles. The van der Waals surface area contributed by atoms with E-state index in [-0.39, 0.29) is 0 Å². The molecule has 0 fully saturated rings. The number of hydrogen-bond acceptors (Lipinski definition) is 3. The lowest BCUT2D eigenvalue weighted by Crippen LogP contribution is -2.21. The van der Waals surface area contributed by atoms with Gasteiger partial charge in [-0.3, -0.25) is 0 Å². The van der Waals surface area contributed by atoms with Crippen molar-refractivity contribution in [2.45, 2.75) is 38.4 Å². The Morgan fingerprint density at radius 1 is 1.50 bits per heavy atom. The standard InChI is InChI=1S/C9H18N4O2S/c1-9(2,3)16(14)12-8(15-4)6-5-7-11-13-10/h5-7H2,1-4H3/b12-8-/t16-/m1/s1. The van der Waals surface area contributed by atoms with E-state index in [0.29, 0.717) is 25.3 Å². The summed E-state index contributed by atoms with van der Waals surface area (Å²) in [6.07, 6.45) is 1.16. The molecule has 16 heavy (non-hydrogen) atoms. The molecular formula is C9H18N4O2S. The van der Waals surface area contributed by atoms with Crippen LogP contribution in [-0.4, -0.2) is 28.5 Å². The SMILES string of the molecule is CO/C(CCCN=[N+]=[N-])=N\[S@](=O)C(C)(C)C.